The normalized spacial score (nSPS) is 39.0. The number of carbonyl (C=O) groups excluding carboxylic acids is 2. The van der Waals surface area contributed by atoms with E-state index in [1.807, 2.05) is 35.3 Å². The number of para-hydroxylation sites is 1. The van der Waals surface area contributed by atoms with Gasteiger partial charge in [0.1, 0.15) is 0 Å². The summed E-state index contributed by atoms with van der Waals surface area (Å²) in [6.07, 6.45) is 0.863. The van der Waals surface area contributed by atoms with Gasteiger partial charge in [0.2, 0.25) is 6.35 Å². The van der Waals surface area contributed by atoms with Crippen molar-refractivity contribution < 1.29 is 19.1 Å². The Morgan fingerprint density at radius 2 is 1.93 bits per heavy atom. The van der Waals surface area contributed by atoms with Crippen LogP contribution in [0.25, 0.3) is 0 Å². The molecule has 5 rings (SSSR count). The first kappa shape index (κ1) is 17.0. The fourth-order valence-corrected chi connectivity index (χ4v) is 5.94. The summed E-state index contributed by atoms with van der Waals surface area (Å²) in [6, 6.07) is 8.91. The van der Waals surface area contributed by atoms with Crippen LogP contribution in [0.1, 0.15) is 33.6 Å². The molecule has 5 atom stereocenters. The number of hydrazine groups is 1. The number of carbonyl (C=O) groups is 2. The van der Waals surface area contributed by atoms with Crippen molar-refractivity contribution in [1.29, 1.82) is 0 Å². The topological polar surface area (TPSA) is 62.3 Å². The van der Waals surface area contributed by atoms with Crippen LogP contribution >= 0.6 is 0 Å². The second-order valence-electron chi connectivity index (χ2n) is 8.81. The van der Waals surface area contributed by atoms with Gasteiger partial charge in [-0.25, -0.2) is 9.59 Å². The molecule has 2 unspecified atom stereocenters. The lowest BCUT2D eigenvalue weighted by Gasteiger charge is -2.38. The summed E-state index contributed by atoms with van der Waals surface area (Å²) >= 11 is 0. The predicted octanol–water partition coefficient (Wildman–Crippen LogP) is 3.42. The van der Waals surface area contributed by atoms with Gasteiger partial charge in [0.15, 0.2) is 0 Å². The number of anilines is 1. The zero-order valence-electron chi connectivity index (χ0n) is 16.1. The van der Waals surface area contributed by atoms with Crippen LogP contribution in [-0.2, 0) is 9.47 Å². The zero-order valence-corrected chi connectivity index (χ0v) is 16.1. The molecule has 2 bridgehead atoms. The van der Waals surface area contributed by atoms with Crippen LogP contribution in [0.4, 0.5) is 15.3 Å². The van der Waals surface area contributed by atoms with Crippen molar-refractivity contribution in [2.24, 2.45) is 16.7 Å². The number of imide groups is 1. The first-order valence-electron chi connectivity index (χ1n) is 9.53. The van der Waals surface area contributed by atoms with Crippen molar-refractivity contribution >= 4 is 17.8 Å². The van der Waals surface area contributed by atoms with Gasteiger partial charge in [-0.05, 0) is 36.3 Å². The van der Waals surface area contributed by atoms with E-state index in [-0.39, 0.29) is 23.0 Å². The molecule has 3 amide bonds. The van der Waals surface area contributed by atoms with Crippen LogP contribution in [0.15, 0.2) is 30.3 Å². The Morgan fingerprint density at radius 3 is 2.59 bits per heavy atom. The third-order valence-corrected chi connectivity index (χ3v) is 7.75. The Hall–Kier alpha value is -2.12. The summed E-state index contributed by atoms with van der Waals surface area (Å²) in [6.45, 7) is 6.87. The highest BCUT2D eigenvalue weighted by atomic mass is 16.6. The van der Waals surface area contributed by atoms with E-state index in [0.717, 1.165) is 17.9 Å². The van der Waals surface area contributed by atoms with Gasteiger partial charge in [0.05, 0.1) is 19.3 Å². The summed E-state index contributed by atoms with van der Waals surface area (Å²) in [4.78, 5) is 27.3. The molecule has 1 aromatic carbocycles. The molecule has 2 aliphatic heterocycles. The van der Waals surface area contributed by atoms with Crippen LogP contribution in [0.5, 0.6) is 0 Å². The van der Waals surface area contributed by atoms with E-state index in [4.69, 9.17) is 9.47 Å². The lowest BCUT2D eigenvalue weighted by molar-refractivity contribution is -0.0832. The predicted molar refractivity (Wildman–Crippen MR) is 97.5 cm³/mol. The lowest BCUT2D eigenvalue weighted by atomic mass is 9.70. The van der Waals surface area contributed by atoms with Crippen LogP contribution in [-0.4, -0.2) is 47.7 Å². The summed E-state index contributed by atoms with van der Waals surface area (Å²) in [5.41, 5.74) is 0.804. The zero-order chi connectivity index (χ0) is 19.1. The number of ether oxygens (including phenoxy) is 2. The molecule has 144 valence electrons. The standard InChI is InChI=1S/C20H25N3O4/c1-19(2)13-10-11-20(19,3)15-14(13)22-17(27-15)21(12-8-6-5-7-9-12)16(24)23(22)18(25)26-4/h5-9,13-15,17H,10-11H2,1-4H3/t13-,14?,15?,17+,20+/m1/s1. The Bertz CT molecular complexity index is 813. The highest BCUT2D eigenvalue weighted by molar-refractivity contribution is 6.02. The molecular weight excluding hydrogens is 346 g/mol. The maximum absolute atomic E-state index is 13.2. The fourth-order valence-electron chi connectivity index (χ4n) is 5.94. The highest BCUT2D eigenvalue weighted by Crippen LogP contribution is 2.69. The van der Waals surface area contributed by atoms with Crippen molar-refractivity contribution in [3.05, 3.63) is 30.3 Å². The highest BCUT2D eigenvalue weighted by Gasteiger charge is 2.75. The number of amides is 3. The molecule has 4 fully saturated rings. The first-order chi connectivity index (χ1) is 12.8. The Morgan fingerprint density at radius 1 is 1.22 bits per heavy atom. The molecule has 2 heterocycles. The lowest BCUT2D eigenvalue weighted by Crippen LogP contribution is -2.52. The molecule has 4 aliphatic rings. The molecule has 27 heavy (non-hydrogen) atoms. The SMILES string of the molecule is COC(=O)N1C(=O)N(c2ccccc2)[C@@H]2OC3C([C@H]4CC[C@]3(C)C4(C)C)N21. The number of benzene rings is 1. The van der Waals surface area contributed by atoms with Crippen LogP contribution in [0, 0.1) is 16.7 Å². The maximum atomic E-state index is 13.2. The number of rotatable bonds is 1. The van der Waals surface area contributed by atoms with E-state index >= 15 is 0 Å². The summed E-state index contributed by atoms with van der Waals surface area (Å²) in [5.74, 6) is 0.355. The Labute approximate surface area is 158 Å². The number of nitrogens with zero attached hydrogens (tertiary/aromatic N) is 3. The first-order valence-corrected chi connectivity index (χ1v) is 9.53. The number of urea groups is 1. The molecule has 2 saturated heterocycles. The molecule has 0 aromatic heterocycles. The van der Waals surface area contributed by atoms with Crippen LogP contribution < -0.4 is 4.90 Å². The third kappa shape index (κ3) is 1.84. The summed E-state index contributed by atoms with van der Waals surface area (Å²) in [7, 11) is 1.30. The molecular formula is C20H25N3O4. The average molecular weight is 371 g/mol. The van der Waals surface area contributed by atoms with E-state index in [0.29, 0.717) is 11.6 Å². The van der Waals surface area contributed by atoms with Crippen molar-refractivity contribution in [3.8, 4) is 0 Å². The minimum absolute atomic E-state index is 0.0134. The van der Waals surface area contributed by atoms with E-state index in [9.17, 15) is 9.59 Å². The Kier molecular flexibility index (Phi) is 3.30. The van der Waals surface area contributed by atoms with Gasteiger partial charge in [-0.2, -0.15) is 10.0 Å². The number of hydrogen-bond acceptors (Lipinski definition) is 5. The Balaban J connectivity index is 1.61. The van der Waals surface area contributed by atoms with Gasteiger partial charge in [0.25, 0.3) is 0 Å². The van der Waals surface area contributed by atoms with Gasteiger partial charge in [-0.3, -0.25) is 4.90 Å². The minimum Gasteiger partial charge on any atom is -0.451 e. The molecule has 0 radical (unpaired) electrons. The van der Waals surface area contributed by atoms with Gasteiger partial charge in [0, 0.05) is 11.1 Å². The molecule has 0 N–H and O–H groups in total. The number of fused-ring (bicyclic) bond motifs is 7. The van der Waals surface area contributed by atoms with Gasteiger partial charge >= 0.3 is 12.1 Å². The number of methoxy groups -OCH3 is 1. The fraction of sp³-hybridized carbons (Fsp3) is 0.600. The molecule has 7 heteroatoms. The van der Waals surface area contributed by atoms with Crippen LogP contribution in [0.3, 0.4) is 0 Å². The monoisotopic (exact) mass is 371 g/mol. The number of hydrogen-bond donors (Lipinski definition) is 0. The smallest absolute Gasteiger partial charge is 0.433 e. The van der Waals surface area contributed by atoms with Crippen molar-refractivity contribution in [2.75, 3.05) is 12.0 Å². The van der Waals surface area contributed by atoms with E-state index in [1.165, 1.54) is 7.11 Å². The largest absolute Gasteiger partial charge is 0.451 e. The summed E-state index contributed by atoms with van der Waals surface area (Å²) in [5, 5.41) is 2.98. The molecule has 0 spiro atoms. The molecule has 1 aromatic rings. The van der Waals surface area contributed by atoms with Crippen molar-refractivity contribution in [2.45, 2.75) is 52.1 Å². The summed E-state index contributed by atoms with van der Waals surface area (Å²) < 4.78 is 11.5. The molecule has 2 aliphatic carbocycles. The van der Waals surface area contributed by atoms with E-state index in [1.54, 1.807) is 4.90 Å². The maximum Gasteiger partial charge on any atom is 0.433 e. The van der Waals surface area contributed by atoms with Gasteiger partial charge in [-0.1, -0.05) is 39.0 Å². The third-order valence-electron chi connectivity index (χ3n) is 7.75. The van der Waals surface area contributed by atoms with E-state index in [2.05, 4.69) is 20.8 Å². The molecule has 7 nitrogen and oxygen atoms in total. The van der Waals surface area contributed by atoms with Gasteiger partial charge < -0.3 is 9.47 Å². The van der Waals surface area contributed by atoms with Crippen molar-refractivity contribution in [1.82, 2.24) is 10.0 Å². The van der Waals surface area contributed by atoms with Crippen molar-refractivity contribution in [3.63, 3.8) is 0 Å². The second-order valence-corrected chi connectivity index (χ2v) is 8.81. The van der Waals surface area contributed by atoms with Gasteiger partial charge in [-0.15, -0.1) is 0 Å². The quantitative estimate of drug-likeness (QED) is 0.757. The average Bonchev–Trinajstić information content (AvgIpc) is 3.27. The second kappa shape index (κ2) is 5.23. The van der Waals surface area contributed by atoms with E-state index < -0.39 is 18.5 Å². The van der Waals surface area contributed by atoms with Crippen LogP contribution in [0.2, 0.25) is 0 Å². The molecule has 2 saturated carbocycles. The minimum atomic E-state index is -0.668.